The molecule has 0 saturated heterocycles. The van der Waals surface area contributed by atoms with Crippen LogP contribution in [0.1, 0.15) is 29.2 Å². The van der Waals surface area contributed by atoms with Crippen molar-refractivity contribution in [3.8, 4) is 0 Å². The Balaban J connectivity index is 1.90. The summed E-state index contributed by atoms with van der Waals surface area (Å²) in [5.41, 5.74) is 13.5. The van der Waals surface area contributed by atoms with Gasteiger partial charge in [-0.15, -0.1) is 0 Å². The molecule has 1 aliphatic rings. The second kappa shape index (κ2) is 6.94. The van der Waals surface area contributed by atoms with E-state index in [-0.39, 0.29) is 11.9 Å². The van der Waals surface area contributed by atoms with Gasteiger partial charge in [0.2, 0.25) is 0 Å². The van der Waals surface area contributed by atoms with Crippen molar-refractivity contribution < 1.29 is 4.39 Å². The second-order valence-electron chi connectivity index (χ2n) is 5.91. The molecule has 0 aromatic heterocycles. The van der Waals surface area contributed by atoms with E-state index in [0.29, 0.717) is 5.70 Å². The van der Waals surface area contributed by atoms with Crippen LogP contribution < -0.4 is 11.2 Å². The molecule has 4 heteroatoms. The van der Waals surface area contributed by atoms with Gasteiger partial charge in [0, 0.05) is 25.2 Å². The van der Waals surface area contributed by atoms with Gasteiger partial charge in [-0.3, -0.25) is 5.43 Å². The summed E-state index contributed by atoms with van der Waals surface area (Å²) in [4.78, 5) is 0. The molecule has 0 unspecified atom stereocenters. The summed E-state index contributed by atoms with van der Waals surface area (Å²) < 4.78 is 13.3. The summed E-state index contributed by atoms with van der Waals surface area (Å²) >= 11 is 0. The van der Waals surface area contributed by atoms with Crippen molar-refractivity contribution in [3.05, 3.63) is 83.3 Å². The molecule has 0 saturated carbocycles. The number of hydrogen-bond acceptors (Lipinski definition) is 3. The first-order chi connectivity index (χ1) is 11.1. The summed E-state index contributed by atoms with van der Waals surface area (Å²) in [5, 5.41) is 2.22. The van der Waals surface area contributed by atoms with E-state index in [1.54, 1.807) is 0 Å². The predicted octanol–water partition coefficient (Wildman–Crippen LogP) is 3.14. The van der Waals surface area contributed by atoms with E-state index in [9.17, 15) is 4.39 Å². The molecule has 120 valence electrons. The molecule has 0 radical (unpaired) electrons. The highest BCUT2D eigenvalue weighted by Crippen LogP contribution is 2.33. The lowest BCUT2D eigenvalue weighted by atomic mass is 9.89. The monoisotopic (exact) mass is 311 g/mol. The van der Waals surface area contributed by atoms with Crippen LogP contribution in [-0.4, -0.2) is 18.1 Å². The molecule has 3 nitrogen and oxygen atoms in total. The van der Waals surface area contributed by atoms with Gasteiger partial charge >= 0.3 is 0 Å². The second-order valence-corrected chi connectivity index (χ2v) is 5.91. The zero-order valence-corrected chi connectivity index (χ0v) is 13.1. The molecule has 1 aliphatic heterocycles. The van der Waals surface area contributed by atoms with Gasteiger partial charge in [0.15, 0.2) is 0 Å². The maximum Gasteiger partial charge on any atom is 0.123 e. The van der Waals surface area contributed by atoms with E-state index < -0.39 is 0 Å². The topological polar surface area (TPSA) is 41.3 Å². The van der Waals surface area contributed by atoms with E-state index in [0.717, 1.165) is 31.5 Å². The molecular weight excluding hydrogens is 289 g/mol. The highest BCUT2D eigenvalue weighted by molar-refractivity contribution is 5.39. The lowest BCUT2D eigenvalue weighted by Crippen LogP contribution is -2.46. The van der Waals surface area contributed by atoms with Crippen LogP contribution >= 0.6 is 0 Å². The quantitative estimate of drug-likeness (QED) is 0.891. The minimum absolute atomic E-state index is 0.0755. The molecule has 3 N–H and O–H groups in total. The van der Waals surface area contributed by atoms with Crippen LogP contribution in [0.4, 0.5) is 4.39 Å². The Labute approximate surface area is 136 Å². The third kappa shape index (κ3) is 3.60. The van der Waals surface area contributed by atoms with Crippen LogP contribution in [0.3, 0.4) is 0 Å². The molecule has 0 fully saturated rings. The molecule has 3 rings (SSSR count). The molecule has 0 aliphatic carbocycles. The smallest absolute Gasteiger partial charge is 0.123 e. The average molecular weight is 311 g/mol. The van der Waals surface area contributed by atoms with Gasteiger partial charge in [-0.1, -0.05) is 43.0 Å². The molecule has 0 spiro atoms. The van der Waals surface area contributed by atoms with Crippen molar-refractivity contribution in [2.45, 2.75) is 18.9 Å². The van der Waals surface area contributed by atoms with E-state index in [1.165, 1.54) is 23.3 Å². The third-order valence-corrected chi connectivity index (χ3v) is 4.23. The number of halogens is 1. The molecule has 1 atom stereocenters. The molecule has 0 amide bonds. The number of rotatable bonds is 5. The van der Waals surface area contributed by atoms with Crippen molar-refractivity contribution in [3.63, 3.8) is 0 Å². The van der Waals surface area contributed by atoms with Gasteiger partial charge < -0.3 is 5.73 Å². The van der Waals surface area contributed by atoms with Crippen LogP contribution in [0.15, 0.2) is 60.8 Å². The lowest BCUT2D eigenvalue weighted by molar-refractivity contribution is 0.137. The van der Waals surface area contributed by atoms with E-state index >= 15 is 0 Å². The molecule has 1 heterocycles. The number of nitrogens with one attached hydrogen (secondary N) is 1. The number of benzene rings is 2. The maximum absolute atomic E-state index is 13.3. The van der Waals surface area contributed by atoms with Crippen molar-refractivity contribution in [1.82, 2.24) is 10.4 Å². The number of nitrogens with zero attached hydrogens (tertiary/aromatic N) is 1. The Morgan fingerprint density at radius 1 is 1.22 bits per heavy atom. The first-order valence-corrected chi connectivity index (χ1v) is 7.92. The highest BCUT2D eigenvalue weighted by Gasteiger charge is 2.28. The zero-order chi connectivity index (χ0) is 16.2. The first-order valence-electron chi connectivity index (χ1n) is 7.92. The highest BCUT2D eigenvalue weighted by atomic mass is 19.1. The SMILES string of the molecule is C=C(N)CCNN1CCc2ccccc2[C@@H]1c1ccc(F)cc1. The van der Waals surface area contributed by atoms with Gasteiger partial charge in [0.25, 0.3) is 0 Å². The van der Waals surface area contributed by atoms with Crippen molar-refractivity contribution >= 4 is 0 Å². The Bertz CT molecular complexity index is 681. The third-order valence-electron chi connectivity index (χ3n) is 4.23. The van der Waals surface area contributed by atoms with E-state index in [1.807, 2.05) is 12.1 Å². The van der Waals surface area contributed by atoms with Gasteiger partial charge in [0.1, 0.15) is 5.82 Å². The van der Waals surface area contributed by atoms with Crippen molar-refractivity contribution in [1.29, 1.82) is 0 Å². The molecule has 23 heavy (non-hydrogen) atoms. The van der Waals surface area contributed by atoms with E-state index in [2.05, 4.69) is 41.3 Å². The fourth-order valence-electron chi connectivity index (χ4n) is 3.10. The summed E-state index contributed by atoms with van der Waals surface area (Å²) in [5.74, 6) is -0.211. The first kappa shape index (κ1) is 15.7. The van der Waals surface area contributed by atoms with Crippen molar-refractivity contribution in [2.75, 3.05) is 13.1 Å². The zero-order valence-electron chi connectivity index (χ0n) is 13.1. The largest absolute Gasteiger partial charge is 0.402 e. The summed E-state index contributed by atoms with van der Waals surface area (Å²) in [7, 11) is 0. The number of hydrogen-bond donors (Lipinski definition) is 2. The van der Waals surface area contributed by atoms with Crippen LogP contribution in [0.2, 0.25) is 0 Å². The van der Waals surface area contributed by atoms with Crippen molar-refractivity contribution in [2.24, 2.45) is 5.73 Å². The fraction of sp³-hybridized carbons (Fsp3) is 0.263. The standard InChI is InChI=1S/C19H22FN3/c1-14(21)10-12-22-23-13-11-15-4-2-3-5-18(15)19(23)16-6-8-17(20)9-7-16/h2-9,19,22H,1,10-13,21H2/t19-/m0/s1. The number of nitrogens with two attached hydrogens (primary N) is 1. The predicted molar refractivity (Wildman–Crippen MR) is 91.0 cm³/mol. The Morgan fingerprint density at radius 2 is 1.96 bits per heavy atom. The molecular formula is C19H22FN3. The molecule has 0 bridgehead atoms. The lowest BCUT2D eigenvalue weighted by Gasteiger charge is -2.38. The van der Waals surface area contributed by atoms with Crippen LogP contribution in [-0.2, 0) is 6.42 Å². The van der Waals surface area contributed by atoms with Crippen LogP contribution in [0.5, 0.6) is 0 Å². The average Bonchev–Trinajstić information content (AvgIpc) is 2.55. The normalized spacial score (nSPS) is 17.7. The van der Waals surface area contributed by atoms with Gasteiger partial charge in [-0.05, 0) is 35.2 Å². The van der Waals surface area contributed by atoms with E-state index in [4.69, 9.17) is 5.73 Å². The Hall–Kier alpha value is -2.17. The minimum atomic E-state index is -0.211. The maximum atomic E-state index is 13.3. The van der Waals surface area contributed by atoms with Crippen LogP contribution in [0, 0.1) is 5.82 Å². The summed E-state index contributed by atoms with van der Waals surface area (Å²) in [6.07, 6.45) is 1.72. The minimum Gasteiger partial charge on any atom is -0.402 e. The summed E-state index contributed by atoms with van der Waals surface area (Å²) in [6.45, 7) is 5.38. The van der Waals surface area contributed by atoms with Gasteiger partial charge in [0.05, 0.1) is 6.04 Å². The van der Waals surface area contributed by atoms with Gasteiger partial charge in [-0.2, -0.15) is 0 Å². The Morgan fingerprint density at radius 3 is 2.70 bits per heavy atom. The fourth-order valence-corrected chi connectivity index (χ4v) is 3.10. The van der Waals surface area contributed by atoms with Crippen LogP contribution in [0.25, 0.3) is 0 Å². The molecule has 2 aromatic carbocycles. The molecule has 2 aromatic rings. The van der Waals surface area contributed by atoms with Gasteiger partial charge in [-0.25, -0.2) is 9.40 Å². The number of fused-ring (bicyclic) bond motifs is 1. The Kier molecular flexibility index (Phi) is 4.74. The summed E-state index contributed by atoms with van der Waals surface area (Å²) in [6, 6.07) is 15.3. The number of hydrazine groups is 1.